The van der Waals surface area contributed by atoms with Gasteiger partial charge < -0.3 is 5.32 Å². The van der Waals surface area contributed by atoms with Crippen LogP contribution in [0.5, 0.6) is 0 Å². The summed E-state index contributed by atoms with van der Waals surface area (Å²) >= 11 is 2.75. The first-order chi connectivity index (χ1) is 12.2. The first kappa shape index (κ1) is 15.9. The molecular formula is C18H12FN3OS2. The summed E-state index contributed by atoms with van der Waals surface area (Å²) in [7, 11) is 0. The van der Waals surface area contributed by atoms with Crippen molar-refractivity contribution in [2.24, 2.45) is 0 Å². The lowest BCUT2D eigenvalue weighted by atomic mass is 10.2. The second kappa shape index (κ2) is 6.70. The molecule has 124 valence electrons. The zero-order chi connectivity index (χ0) is 17.2. The Morgan fingerprint density at radius 2 is 1.88 bits per heavy atom. The van der Waals surface area contributed by atoms with E-state index in [2.05, 4.69) is 15.3 Å². The van der Waals surface area contributed by atoms with Crippen molar-refractivity contribution in [3.8, 4) is 10.6 Å². The molecule has 1 amide bonds. The molecule has 0 bridgehead atoms. The number of amides is 1. The molecule has 0 atom stereocenters. The fourth-order valence-corrected chi connectivity index (χ4v) is 4.22. The SMILES string of the molecule is O=C(Cc1cnc(-c2ccccc2F)s1)Nc1nc2ccccc2s1. The maximum Gasteiger partial charge on any atom is 0.231 e. The van der Waals surface area contributed by atoms with E-state index in [9.17, 15) is 9.18 Å². The zero-order valence-electron chi connectivity index (χ0n) is 12.9. The Morgan fingerprint density at radius 1 is 1.08 bits per heavy atom. The molecule has 7 heteroatoms. The summed E-state index contributed by atoms with van der Waals surface area (Å²) in [5.41, 5.74) is 1.31. The lowest BCUT2D eigenvalue weighted by Crippen LogP contribution is -2.13. The lowest BCUT2D eigenvalue weighted by Gasteiger charge is -1.99. The number of benzene rings is 2. The Balaban J connectivity index is 1.47. The number of hydrogen-bond donors (Lipinski definition) is 1. The van der Waals surface area contributed by atoms with Crippen LogP contribution in [-0.4, -0.2) is 15.9 Å². The van der Waals surface area contributed by atoms with Crippen molar-refractivity contribution in [2.75, 3.05) is 5.32 Å². The third kappa shape index (κ3) is 3.42. The highest BCUT2D eigenvalue weighted by Crippen LogP contribution is 2.28. The molecule has 0 spiro atoms. The van der Waals surface area contributed by atoms with Crippen molar-refractivity contribution in [3.05, 3.63) is 65.4 Å². The molecule has 0 aliphatic rings. The van der Waals surface area contributed by atoms with Crippen molar-refractivity contribution in [1.82, 2.24) is 9.97 Å². The molecule has 0 saturated carbocycles. The molecule has 2 aromatic heterocycles. The topological polar surface area (TPSA) is 54.9 Å². The molecule has 4 aromatic rings. The summed E-state index contributed by atoms with van der Waals surface area (Å²) in [6, 6.07) is 14.2. The van der Waals surface area contributed by atoms with E-state index in [-0.39, 0.29) is 18.1 Å². The molecule has 0 saturated heterocycles. The van der Waals surface area contributed by atoms with Gasteiger partial charge in [-0.05, 0) is 24.3 Å². The van der Waals surface area contributed by atoms with Crippen LogP contribution in [-0.2, 0) is 11.2 Å². The first-order valence-electron chi connectivity index (χ1n) is 7.54. The van der Waals surface area contributed by atoms with Crippen LogP contribution in [0.15, 0.2) is 54.7 Å². The van der Waals surface area contributed by atoms with E-state index in [1.807, 2.05) is 24.3 Å². The molecule has 4 nitrogen and oxygen atoms in total. The van der Waals surface area contributed by atoms with Gasteiger partial charge in [0.15, 0.2) is 5.13 Å². The summed E-state index contributed by atoms with van der Waals surface area (Å²) in [4.78, 5) is 21.6. The van der Waals surface area contributed by atoms with Gasteiger partial charge in [0, 0.05) is 16.6 Å². The summed E-state index contributed by atoms with van der Waals surface area (Å²) in [6.45, 7) is 0. The van der Waals surface area contributed by atoms with Gasteiger partial charge in [0.1, 0.15) is 10.8 Å². The minimum absolute atomic E-state index is 0.164. The number of fused-ring (bicyclic) bond motifs is 1. The minimum Gasteiger partial charge on any atom is -0.302 e. The van der Waals surface area contributed by atoms with Gasteiger partial charge in [0.05, 0.1) is 16.6 Å². The molecule has 0 unspecified atom stereocenters. The molecule has 4 rings (SSSR count). The highest BCUT2D eigenvalue weighted by Gasteiger charge is 2.13. The van der Waals surface area contributed by atoms with Crippen LogP contribution in [0.2, 0.25) is 0 Å². The number of nitrogens with one attached hydrogen (secondary N) is 1. The number of carbonyl (C=O) groups excluding carboxylic acids is 1. The van der Waals surface area contributed by atoms with Gasteiger partial charge in [0.2, 0.25) is 5.91 Å². The molecule has 2 aromatic carbocycles. The largest absolute Gasteiger partial charge is 0.302 e. The maximum atomic E-state index is 13.8. The monoisotopic (exact) mass is 369 g/mol. The van der Waals surface area contributed by atoms with Gasteiger partial charge in [-0.25, -0.2) is 14.4 Å². The van der Waals surface area contributed by atoms with Crippen molar-refractivity contribution in [3.63, 3.8) is 0 Å². The summed E-state index contributed by atoms with van der Waals surface area (Å²) in [5, 5.41) is 3.96. The summed E-state index contributed by atoms with van der Waals surface area (Å²) in [5.74, 6) is -0.481. The Bertz CT molecular complexity index is 1020. The Kier molecular flexibility index (Phi) is 4.25. The van der Waals surface area contributed by atoms with Crippen molar-refractivity contribution < 1.29 is 9.18 Å². The van der Waals surface area contributed by atoms with E-state index in [0.29, 0.717) is 15.7 Å². The Hall–Kier alpha value is -2.64. The number of para-hydroxylation sites is 1. The molecule has 1 N–H and O–H groups in total. The van der Waals surface area contributed by atoms with Crippen LogP contribution in [0.25, 0.3) is 20.8 Å². The second-order valence-corrected chi connectivity index (χ2v) is 7.47. The number of nitrogens with zero attached hydrogens (tertiary/aromatic N) is 2. The Labute approximate surface area is 151 Å². The molecule has 0 aliphatic carbocycles. The van der Waals surface area contributed by atoms with Gasteiger partial charge in [-0.2, -0.15) is 0 Å². The standard InChI is InChI=1S/C18H12FN3OS2/c19-13-6-2-1-5-12(13)17-20-10-11(24-17)9-16(23)22-18-21-14-7-3-4-8-15(14)25-18/h1-8,10H,9H2,(H,21,22,23). The second-order valence-electron chi connectivity index (χ2n) is 5.32. The van der Waals surface area contributed by atoms with Crippen molar-refractivity contribution in [2.45, 2.75) is 6.42 Å². The van der Waals surface area contributed by atoms with Crippen LogP contribution in [0.3, 0.4) is 0 Å². The van der Waals surface area contributed by atoms with Crippen LogP contribution >= 0.6 is 22.7 Å². The van der Waals surface area contributed by atoms with Crippen LogP contribution in [0, 0.1) is 5.82 Å². The smallest absolute Gasteiger partial charge is 0.231 e. The zero-order valence-corrected chi connectivity index (χ0v) is 14.5. The van der Waals surface area contributed by atoms with Crippen molar-refractivity contribution in [1.29, 1.82) is 0 Å². The molecule has 25 heavy (non-hydrogen) atoms. The molecule has 0 fully saturated rings. The van der Waals surface area contributed by atoms with E-state index < -0.39 is 0 Å². The number of aromatic nitrogens is 2. The predicted molar refractivity (Wildman–Crippen MR) is 99.5 cm³/mol. The average Bonchev–Trinajstić information content (AvgIpc) is 3.21. The number of thiazole rings is 2. The Morgan fingerprint density at radius 3 is 2.72 bits per heavy atom. The number of carbonyl (C=O) groups is 1. The predicted octanol–water partition coefficient (Wildman–Crippen LogP) is 4.74. The summed E-state index contributed by atoms with van der Waals surface area (Å²) in [6.07, 6.45) is 1.80. The van der Waals surface area contributed by atoms with Crippen LogP contribution in [0.4, 0.5) is 9.52 Å². The van der Waals surface area contributed by atoms with E-state index in [1.54, 1.807) is 24.4 Å². The number of anilines is 1. The summed E-state index contributed by atoms with van der Waals surface area (Å²) < 4.78 is 14.8. The van der Waals surface area contributed by atoms with E-state index in [1.165, 1.54) is 28.7 Å². The molecule has 0 aliphatic heterocycles. The fourth-order valence-electron chi connectivity index (χ4n) is 2.40. The number of halogens is 1. The molecule has 0 radical (unpaired) electrons. The number of rotatable bonds is 4. The van der Waals surface area contributed by atoms with Gasteiger partial charge in [-0.1, -0.05) is 35.6 Å². The van der Waals surface area contributed by atoms with E-state index in [0.717, 1.165) is 15.1 Å². The fraction of sp³-hybridized carbons (Fsp3) is 0.0556. The van der Waals surface area contributed by atoms with E-state index >= 15 is 0 Å². The van der Waals surface area contributed by atoms with Crippen LogP contribution in [0.1, 0.15) is 4.88 Å². The van der Waals surface area contributed by atoms with Gasteiger partial charge >= 0.3 is 0 Å². The highest BCUT2D eigenvalue weighted by molar-refractivity contribution is 7.22. The lowest BCUT2D eigenvalue weighted by molar-refractivity contribution is -0.115. The van der Waals surface area contributed by atoms with Crippen LogP contribution < -0.4 is 5.32 Å². The minimum atomic E-state index is -0.317. The van der Waals surface area contributed by atoms with Crippen molar-refractivity contribution >= 4 is 43.9 Å². The van der Waals surface area contributed by atoms with Gasteiger partial charge in [-0.3, -0.25) is 4.79 Å². The van der Waals surface area contributed by atoms with Gasteiger partial charge in [0.25, 0.3) is 0 Å². The van der Waals surface area contributed by atoms with E-state index in [4.69, 9.17) is 0 Å². The number of hydrogen-bond acceptors (Lipinski definition) is 5. The normalized spacial score (nSPS) is 10.9. The first-order valence-corrected chi connectivity index (χ1v) is 9.17. The van der Waals surface area contributed by atoms with Gasteiger partial charge in [-0.15, -0.1) is 11.3 Å². The molecular weight excluding hydrogens is 357 g/mol. The molecule has 2 heterocycles. The maximum absolute atomic E-state index is 13.8. The third-order valence-corrected chi connectivity index (χ3v) is 5.52. The third-order valence-electron chi connectivity index (χ3n) is 3.53. The average molecular weight is 369 g/mol. The highest BCUT2D eigenvalue weighted by atomic mass is 32.1. The quantitative estimate of drug-likeness (QED) is 0.565.